The van der Waals surface area contributed by atoms with Gasteiger partial charge in [-0.15, -0.1) is 0 Å². The van der Waals surface area contributed by atoms with E-state index >= 15 is 0 Å². The van der Waals surface area contributed by atoms with Crippen molar-refractivity contribution in [2.24, 2.45) is 0 Å². The fraction of sp³-hybridized carbons (Fsp3) is 0.571. The molecular formula is C14H18F4N2O. The highest BCUT2D eigenvalue weighted by atomic mass is 19.4. The van der Waals surface area contributed by atoms with Crippen LogP contribution in [-0.2, 0) is 0 Å². The van der Waals surface area contributed by atoms with Gasteiger partial charge in [-0.2, -0.15) is 13.2 Å². The molecule has 1 aromatic rings. The summed E-state index contributed by atoms with van der Waals surface area (Å²) in [6.07, 6.45) is -4.18. The van der Waals surface area contributed by atoms with Crippen LogP contribution in [0.2, 0.25) is 0 Å². The maximum Gasteiger partial charge on any atom is 0.401 e. The second kappa shape index (κ2) is 6.19. The van der Waals surface area contributed by atoms with Crippen LogP contribution in [0.4, 0.5) is 17.6 Å². The lowest BCUT2D eigenvalue weighted by molar-refractivity contribution is -0.149. The quantitative estimate of drug-likeness (QED) is 0.870. The number of rotatable bonds is 3. The molecule has 0 amide bonds. The molecule has 1 N–H and O–H groups in total. The fourth-order valence-electron chi connectivity index (χ4n) is 2.63. The molecule has 1 unspecified atom stereocenters. The second-order valence-corrected chi connectivity index (χ2v) is 5.31. The Morgan fingerprint density at radius 1 is 1.19 bits per heavy atom. The Hall–Kier alpha value is -1.34. The summed E-state index contributed by atoms with van der Waals surface area (Å²) in [4.78, 5) is 3.35. The third-order valence-electron chi connectivity index (χ3n) is 3.80. The highest BCUT2D eigenvalue weighted by Gasteiger charge is 2.33. The van der Waals surface area contributed by atoms with Crippen molar-refractivity contribution in [1.29, 1.82) is 0 Å². The van der Waals surface area contributed by atoms with Crippen LogP contribution in [0.1, 0.15) is 18.5 Å². The predicted molar refractivity (Wildman–Crippen MR) is 70.5 cm³/mol. The highest BCUT2D eigenvalue weighted by molar-refractivity contribution is 5.35. The molecule has 1 heterocycles. The zero-order chi connectivity index (χ0) is 15.6. The van der Waals surface area contributed by atoms with Crippen LogP contribution in [0, 0.1) is 5.82 Å². The number of benzene rings is 1. The zero-order valence-electron chi connectivity index (χ0n) is 11.7. The molecule has 3 nitrogen and oxygen atoms in total. The number of halogens is 4. The van der Waals surface area contributed by atoms with Crippen molar-refractivity contribution in [3.63, 3.8) is 0 Å². The Morgan fingerprint density at radius 3 is 2.33 bits per heavy atom. The SMILES string of the molecule is CC(c1ccc(F)cc1O)N1CCN(CC(F)(F)F)CC1. The van der Waals surface area contributed by atoms with Gasteiger partial charge in [0.2, 0.25) is 0 Å². The zero-order valence-corrected chi connectivity index (χ0v) is 11.7. The lowest BCUT2D eigenvalue weighted by atomic mass is 10.0. The van der Waals surface area contributed by atoms with Gasteiger partial charge in [0.05, 0.1) is 6.54 Å². The molecule has 0 aromatic heterocycles. The smallest absolute Gasteiger partial charge is 0.401 e. The number of aromatic hydroxyl groups is 1. The van der Waals surface area contributed by atoms with Gasteiger partial charge in [0.25, 0.3) is 0 Å². The number of phenolic OH excluding ortho intramolecular Hbond substituents is 1. The van der Waals surface area contributed by atoms with Crippen LogP contribution in [0.25, 0.3) is 0 Å². The summed E-state index contributed by atoms with van der Waals surface area (Å²) >= 11 is 0. The van der Waals surface area contributed by atoms with Crippen molar-refractivity contribution in [1.82, 2.24) is 9.80 Å². The maximum absolute atomic E-state index is 13.0. The van der Waals surface area contributed by atoms with Crippen LogP contribution in [0.15, 0.2) is 18.2 Å². The van der Waals surface area contributed by atoms with Crippen molar-refractivity contribution in [2.75, 3.05) is 32.7 Å². The summed E-state index contributed by atoms with van der Waals surface area (Å²) in [5, 5.41) is 9.77. The summed E-state index contributed by atoms with van der Waals surface area (Å²) in [7, 11) is 0. The first-order valence-corrected chi connectivity index (χ1v) is 6.78. The molecule has 1 atom stereocenters. The van der Waals surface area contributed by atoms with E-state index in [0.717, 1.165) is 6.07 Å². The number of phenols is 1. The molecule has 1 aromatic carbocycles. The van der Waals surface area contributed by atoms with E-state index in [1.54, 1.807) is 0 Å². The minimum atomic E-state index is -4.18. The summed E-state index contributed by atoms with van der Waals surface area (Å²) in [5.74, 6) is -0.640. The maximum atomic E-state index is 13.0. The van der Waals surface area contributed by atoms with Gasteiger partial charge in [-0.1, -0.05) is 6.07 Å². The molecule has 0 radical (unpaired) electrons. The molecule has 1 aliphatic rings. The Bertz CT molecular complexity index is 484. The lowest BCUT2D eigenvalue weighted by Gasteiger charge is -2.38. The van der Waals surface area contributed by atoms with Crippen LogP contribution in [-0.4, -0.2) is 53.8 Å². The number of nitrogens with zero attached hydrogens (tertiary/aromatic N) is 2. The molecule has 21 heavy (non-hydrogen) atoms. The number of alkyl halides is 3. The minimum Gasteiger partial charge on any atom is -0.508 e. The summed E-state index contributed by atoms with van der Waals surface area (Å²) in [6, 6.07) is 3.66. The summed E-state index contributed by atoms with van der Waals surface area (Å²) in [6.45, 7) is 2.57. The van der Waals surface area contributed by atoms with Crippen LogP contribution in [0.5, 0.6) is 5.75 Å². The third kappa shape index (κ3) is 4.31. The topological polar surface area (TPSA) is 26.7 Å². The summed E-state index contributed by atoms with van der Waals surface area (Å²) < 4.78 is 50.0. The first-order valence-electron chi connectivity index (χ1n) is 6.78. The second-order valence-electron chi connectivity index (χ2n) is 5.31. The molecule has 1 saturated heterocycles. The van der Waals surface area contributed by atoms with Gasteiger partial charge in [0.15, 0.2) is 0 Å². The van der Waals surface area contributed by atoms with E-state index in [1.807, 2.05) is 11.8 Å². The van der Waals surface area contributed by atoms with Gasteiger partial charge >= 0.3 is 6.18 Å². The molecule has 2 rings (SSSR count). The number of piperazine rings is 1. The highest BCUT2D eigenvalue weighted by Crippen LogP contribution is 2.30. The minimum absolute atomic E-state index is 0.125. The first kappa shape index (κ1) is 16.0. The van der Waals surface area contributed by atoms with Gasteiger partial charge < -0.3 is 5.11 Å². The molecule has 7 heteroatoms. The van der Waals surface area contributed by atoms with E-state index in [-0.39, 0.29) is 11.8 Å². The van der Waals surface area contributed by atoms with Crippen molar-refractivity contribution in [2.45, 2.75) is 19.1 Å². The Morgan fingerprint density at radius 2 is 1.81 bits per heavy atom. The van der Waals surface area contributed by atoms with Gasteiger partial charge in [0, 0.05) is 43.9 Å². The van der Waals surface area contributed by atoms with Crippen molar-refractivity contribution < 1.29 is 22.7 Å². The average Bonchev–Trinajstić information content (AvgIpc) is 2.37. The van der Waals surface area contributed by atoms with E-state index in [9.17, 15) is 22.7 Å². The van der Waals surface area contributed by atoms with Gasteiger partial charge in [-0.05, 0) is 13.0 Å². The van der Waals surface area contributed by atoms with Crippen LogP contribution >= 0.6 is 0 Å². The molecular weight excluding hydrogens is 288 g/mol. The molecule has 118 valence electrons. The molecule has 0 bridgehead atoms. The van der Waals surface area contributed by atoms with E-state index < -0.39 is 18.5 Å². The Labute approximate surface area is 120 Å². The van der Waals surface area contributed by atoms with Gasteiger partial charge in [-0.25, -0.2) is 4.39 Å². The van der Waals surface area contributed by atoms with E-state index in [0.29, 0.717) is 31.7 Å². The molecule has 1 fully saturated rings. The number of hydrogen-bond acceptors (Lipinski definition) is 3. The van der Waals surface area contributed by atoms with Crippen molar-refractivity contribution in [3.05, 3.63) is 29.6 Å². The molecule has 0 saturated carbocycles. The monoisotopic (exact) mass is 306 g/mol. The van der Waals surface area contributed by atoms with Gasteiger partial charge in [0.1, 0.15) is 11.6 Å². The van der Waals surface area contributed by atoms with Crippen LogP contribution < -0.4 is 0 Å². The first-order chi connectivity index (χ1) is 9.76. The van der Waals surface area contributed by atoms with Crippen molar-refractivity contribution in [3.8, 4) is 5.75 Å². The Kier molecular flexibility index (Phi) is 4.73. The third-order valence-corrected chi connectivity index (χ3v) is 3.80. The molecule has 0 aliphatic carbocycles. The standard InChI is InChI=1S/C14H18F4N2O/c1-10(12-3-2-11(15)8-13(12)21)20-6-4-19(5-7-20)9-14(16,17)18/h2-3,8,10,21H,4-7,9H2,1H3. The predicted octanol–water partition coefficient (Wildman–Crippen LogP) is 2.77. The van der Waals surface area contributed by atoms with Crippen LogP contribution in [0.3, 0.4) is 0 Å². The Balaban J connectivity index is 1.95. The molecule has 0 spiro atoms. The van der Waals surface area contributed by atoms with E-state index in [1.165, 1.54) is 17.0 Å². The lowest BCUT2D eigenvalue weighted by Crippen LogP contribution is -2.49. The fourth-order valence-corrected chi connectivity index (χ4v) is 2.63. The molecule has 1 aliphatic heterocycles. The summed E-state index contributed by atoms with van der Waals surface area (Å²) in [5.41, 5.74) is 0.584. The van der Waals surface area contributed by atoms with Crippen molar-refractivity contribution >= 4 is 0 Å². The normalized spacial score (nSPS) is 19.7. The van der Waals surface area contributed by atoms with E-state index in [2.05, 4.69) is 0 Å². The number of hydrogen-bond donors (Lipinski definition) is 1. The average molecular weight is 306 g/mol. The van der Waals surface area contributed by atoms with E-state index in [4.69, 9.17) is 0 Å². The van der Waals surface area contributed by atoms with Gasteiger partial charge in [-0.3, -0.25) is 9.80 Å². The largest absolute Gasteiger partial charge is 0.508 e.